The van der Waals surface area contributed by atoms with Crippen LogP contribution < -0.4 is 11.1 Å². The predicted octanol–water partition coefficient (Wildman–Crippen LogP) is 0.728. The van der Waals surface area contributed by atoms with E-state index in [1.165, 1.54) is 0 Å². The Morgan fingerprint density at radius 1 is 1.42 bits per heavy atom. The van der Waals surface area contributed by atoms with Gasteiger partial charge in [-0.25, -0.2) is 0 Å². The summed E-state index contributed by atoms with van der Waals surface area (Å²) in [4.78, 5) is 14.4. The van der Waals surface area contributed by atoms with Gasteiger partial charge in [0.1, 0.15) is 0 Å². The van der Waals surface area contributed by atoms with Crippen LogP contribution in [0.15, 0.2) is 0 Å². The van der Waals surface area contributed by atoms with Crippen LogP contribution in [0, 0.1) is 0 Å². The number of hydrogen-bond donors (Lipinski definition) is 2. The van der Waals surface area contributed by atoms with Crippen molar-refractivity contribution in [2.45, 2.75) is 64.8 Å². The number of carbonyl (C=O) groups excluding carboxylic acids is 1. The molecule has 0 aromatic heterocycles. The maximum absolute atomic E-state index is 12.2. The van der Waals surface area contributed by atoms with Gasteiger partial charge >= 0.3 is 0 Å². The molecule has 5 nitrogen and oxygen atoms in total. The van der Waals surface area contributed by atoms with Crippen molar-refractivity contribution in [1.82, 2.24) is 10.2 Å². The molecule has 0 aromatic rings. The van der Waals surface area contributed by atoms with E-state index in [0.717, 1.165) is 25.9 Å². The summed E-state index contributed by atoms with van der Waals surface area (Å²) in [7, 11) is 0. The number of amides is 1. The Kier molecular flexibility index (Phi) is 6.75. The minimum absolute atomic E-state index is 0.00269. The fourth-order valence-electron chi connectivity index (χ4n) is 2.35. The summed E-state index contributed by atoms with van der Waals surface area (Å²) in [5, 5.41) is 3.10. The largest absolute Gasteiger partial charge is 0.374 e. The van der Waals surface area contributed by atoms with Crippen molar-refractivity contribution in [3.8, 4) is 0 Å². The summed E-state index contributed by atoms with van der Waals surface area (Å²) in [5.74, 6) is 0.110. The van der Waals surface area contributed by atoms with Gasteiger partial charge in [-0.15, -0.1) is 0 Å². The van der Waals surface area contributed by atoms with Crippen LogP contribution >= 0.6 is 0 Å². The van der Waals surface area contributed by atoms with Crippen LogP contribution in [0.5, 0.6) is 0 Å². The number of rotatable bonds is 6. The molecule has 1 amide bonds. The number of nitrogens with two attached hydrogens (primary N) is 1. The van der Waals surface area contributed by atoms with Crippen LogP contribution in [0.25, 0.3) is 0 Å². The SMILES string of the molecule is CCC(CC)NC(=O)C(C)N1CCOC(C(C)N)C1. The highest BCUT2D eigenvalue weighted by Gasteiger charge is 2.29. The molecular formula is C14H29N3O2. The van der Waals surface area contributed by atoms with E-state index in [2.05, 4.69) is 24.1 Å². The standard InChI is InChI=1S/C14H29N3O2/c1-5-12(6-2)16-14(18)11(4)17-7-8-19-13(9-17)10(3)15/h10-13H,5-9,15H2,1-4H3,(H,16,18). The molecule has 19 heavy (non-hydrogen) atoms. The summed E-state index contributed by atoms with van der Waals surface area (Å²) < 4.78 is 5.62. The second kappa shape index (κ2) is 7.82. The highest BCUT2D eigenvalue weighted by molar-refractivity contribution is 5.81. The number of hydrogen-bond acceptors (Lipinski definition) is 4. The molecule has 0 saturated carbocycles. The molecule has 0 aliphatic carbocycles. The van der Waals surface area contributed by atoms with E-state index in [9.17, 15) is 4.79 Å². The van der Waals surface area contributed by atoms with Crippen molar-refractivity contribution in [2.24, 2.45) is 5.73 Å². The molecule has 1 heterocycles. The minimum Gasteiger partial charge on any atom is -0.374 e. The Labute approximate surface area is 116 Å². The van der Waals surface area contributed by atoms with Gasteiger partial charge in [-0.2, -0.15) is 0 Å². The van der Waals surface area contributed by atoms with E-state index in [-0.39, 0.29) is 30.1 Å². The van der Waals surface area contributed by atoms with E-state index in [1.807, 2.05) is 13.8 Å². The number of ether oxygens (including phenoxy) is 1. The summed E-state index contributed by atoms with van der Waals surface area (Å²) in [6, 6.07) is 0.156. The lowest BCUT2D eigenvalue weighted by Crippen LogP contribution is -2.56. The average Bonchev–Trinajstić information content (AvgIpc) is 2.43. The highest BCUT2D eigenvalue weighted by Crippen LogP contribution is 2.11. The Morgan fingerprint density at radius 2 is 2.05 bits per heavy atom. The van der Waals surface area contributed by atoms with Crippen molar-refractivity contribution in [2.75, 3.05) is 19.7 Å². The fraction of sp³-hybridized carbons (Fsp3) is 0.929. The first kappa shape index (κ1) is 16.4. The molecule has 1 aliphatic rings. The van der Waals surface area contributed by atoms with E-state index in [1.54, 1.807) is 0 Å². The number of nitrogens with one attached hydrogen (secondary N) is 1. The Bertz CT molecular complexity index is 280. The molecule has 1 saturated heterocycles. The molecule has 3 atom stereocenters. The van der Waals surface area contributed by atoms with Crippen LogP contribution in [-0.2, 0) is 9.53 Å². The molecule has 3 unspecified atom stereocenters. The zero-order chi connectivity index (χ0) is 14.4. The van der Waals surface area contributed by atoms with Gasteiger partial charge < -0.3 is 15.8 Å². The molecule has 1 fully saturated rings. The molecule has 0 spiro atoms. The minimum atomic E-state index is -0.120. The third kappa shape index (κ3) is 4.75. The van der Waals surface area contributed by atoms with Gasteiger partial charge in [0.15, 0.2) is 0 Å². The molecule has 1 aliphatic heterocycles. The molecule has 3 N–H and O–H groups in total. The normalized spacial score (nSPS) is 24.2. The van der Waals surface area contributed by atoms with Crippen LogP contribution in [0.3, 0.4) is 0 Å². The van der Waals surface area contributed by atoms with Crippen LogP contribution in [-0.4, -0.2) is 54.7 Å². The summed E-state index contributed by atoms with van der Waals surface area (Å²) in [6.07, 6.45) is 1.97. The first-order chi connectivity index (χ1) is 8.99. The quantitative estimate of drug-likeness (QED) is 0.747. The molecule has 112 valence electrons. The van der Waals surface area contributed by atoms with Crippen LogP contribution in [0.4, 0.5) is 0 Å². The van der Waals surface area contributed by atoms with E-state index < -0.39 is 0 Å². The monoisotopic (exact) mass is 271 g/mol. The van der Waals surface area contributed by atoms with Gasteiger partial charge in [-0.3, -0.25) is 9.69 Å². The van der Waals surface area contributed by atoms with Crippen LogP contribution in [0.2, 0.25) is 0 Å². The Balaban J connectivity index is 2.51. The summed E-state index contributed by atoms with van der Waals surface area (Å²) in [6.45, 7) is 10.3. The van der Waals surface area contributed by atoms with Gasteiger partial charge in [-0.05, 0) is 26.7 Å². The predicted molar refractivity (Wildman–Crippen MR) is 76.9 cm³/mol. The average molecular weight is 271 g/mol. The van der Waals surface area contributed by atoms with Gasteiger partial charge in [0.05, 0.1) is 18.8 Å². The smallest absolute Gasteiger partial charge is 0.237 e. The number of morpholine rings is 1. The lowest BCUT2D eigenvalue weighted by molar-refractivity contribution is -0.130. The second-order valence-corrected chi connectivity index (χ2v) is 5.46. The highest BCUT2D eigenvalue weighted by atomic mass is 16.5. The maximum Gasteiger partial charge on any atom is 0.237 e. The third-order valence-electron chi connectivity index (χ3n) is 3.97. The van der Waals surface area contributed by atoms with Crippen molar-refractivity contribution in [3.63, 3.8) is 0 Å². The number of nitrogens with zero attached hydrogens (tertiary/aromatic N) is 1. The molecule has 1 rings (SSSR count). The molecule has 0 aromatic carbocycles. The first-order valence-electron chi connectivity index (χ1n) is 7.41. The van der Waals surface area contributed by atoms with Crippen molar-refractivity contribution in [1.29, 1.82) is 0 Å². The van der Waals surface area contributed by atoms with Gasteiger partial charge in [-0.1, -0.05) is 13.8 Å². The van der Waals surface area contributed by atoms with Crippen molar-refractivity contribution >= 4 is 5.91 Å². The topological polar surface area (TPSA) is 67.6 Å². The fourth-order valence-corrected chi connectivity index (χ4v) is 2.35. The molecule has 0 radical (unpaired) electrons. The molecule has 5 heteroatoms. The van der Waals surface area contributed by atoms with Gasteiger partial charge in [0.2, 0.25) is 5.91 Å². The zero-order valence-electron chi connectivity index (χ0n) is 12.7. The number of carbonyl (C=O) groups is 1. The molecule has 0 bridgehead atoms. The Hall–Kier alpha value is -0.650. The van der Waals surface area contributed by atoms with Gasteiger partial charge in [0.25, 0.3) is 0 Å². The van der Waals surface area contributed by atoms with Gasteiger partial charge in [0, 0.05) is 25.2 Å². The maximum atomic E-state index is 12.2. The lowest BCUT2D eigenvalue weighted by Gasteiger charge is -2.37. The van der Waals surface area contributed by atoms with E-state index in [0.29, 0.717) is 6.61 Å². The van der Waals surface area contributed by atoms with E-state index >= 15 is 0 Å². The Morgan fingerprint density at radius 3 is 2.58 bits per heavy atom. The van der Waals surface area contributed by atoms with Crippen molar-refractivity contribution in [3.05, 3.63) is 0 Å². The zero-order valence-corrected chi connectivity index (χ0v) is 12.7. The third-order valence-corrected chi connectivity index (χ3v) is 3.97. The first-order valence-corrected chi connectivity index (χ1v) is 7.41. The van der Waals surface area contributed by atoms with E-state index in [4.69, 9.17) is 10.5 Å². The summed E-state index contributed by atoms with van der Waals surface area (Å²) in [5.41, 5.74) is 5.88. The summed E-state index contributed by atoms with van der Waals surface area (Å²) >= 11 is 0. The molecular weight excluding hydrogens is 242 g/mol. The second-order valence-electron chi connectivity index (χ2n) is 5.46. The van der Waals surface area contributed by atoms with Crippen LogP contribution in [0.1, 0.15) is 40.5 Å². The van der Waals surface area contributed by atoms with Crippen molar-refractivity contribution < 1.29 is 9.53 Å². The lowest BCUT2D eigenvalue weighted by atomic mass is 10.1.